The van der Waals surface area contributed by atoms with Gasteiger partial charge in [-0.3, -0.25) is 0 Å². The van der Waals surface area contributed by atoms with Crippen LogP contribution in [-0.2, 0) is 0 Å². The van der Waals surface area contributed by atoms with E-state index in [9.17, 15) is 5.26 Å². The number of aromatic amines is 1. The maximum atomic E-state index is 9.67. The second-order valence-corrected chi connectivity index (χ2v) is 9.67. The molecule has 4 aromatic rings. The smallest absolute Gasteiger partial charge is 0.197 e. The summed E-state index contributed by atoms with van der Waals surface area (Å²) < 4.78 is 12.4. The van der Waals surface area contributed by atoms with Crippen molar-refractivity contribution in [2.75, 3.05) is 33.4 Å². The van der Waals surface area contributed by atoms with Crippen molar-refractivity contribution in [1.82, 2.24) is 24.8 Å². The zero-order valence-corrected chi connectivity index (χ0v) is 21.4. The van der Waals surface area contributed by atoms with Crippen molar-refractivity contribution in [3.05, 3.63) is 40.5 Å². The highest BCUT2D eigenvalue weighted by molar-refractivity contribution is 8.00. The van der Waals surface area contributed by atoms with Gasteiger partial charge in [-0.1, -0.05) is 25.4 Å². The van der Waals surface area contributed by atoms with Crippen molar-refractivity contribution in [3.8, 4) is 28.8 Å². The summed E-state index contributed by atoms with van der Waals surface area (Å²) >= 11 is 9.54. The number of fused-ring (bicyclic) bond motifs is 1. The molecule has 0 fully saturated rings. The van der Waals surface area contributed by atoms with Crippen LogP contribution < -0.4 is 9.47 Å². The lowest BCUT2D eigenvalue weighted by Crippen LogP contribution is -2.27. The average molecular weight is 515 g/mol. The molecule has 176 valence electrons. The maximum absolute atomic E-state index is 9.67. The van der Waals surface area contributed by atoms with E-state index in [4.69, 9.17) is 26.1 Å². The Morgan fingerprint density at radius 3 is 2.74 bits per heavy atom. The number of hydrogen-bond acceptors (Lipinski definition) is 9. The van der Waals surface area contributed by atoms with Crippen LogP contribution in [0, 0.1) is 11.3 Å². The van der Waals surface area contributed by atoms with E-state index in [1.54, 1.807) is 25.6 Å². The maximum Gasteiger partial charge on any atom is 0.197 e. The van der Waals surface area contributed by atoms with Crippen molar-refractivity contribution in [2.45, 2.75) is 23.3 Å². The molecule has 0 bridgehead atoms. The second-order valence-electron chi connectivity index (χ2n) is 7.15. The summed E-state index contributed by atoms with van der Waals surface area (Å²) in [6.45, 7) is 7.43. The zero-order valence-electron chi connectivity index (χ0n) is 19.0. The predicted octanol–water partition coefficient (Wildman–Crippen LogP) is 5.49. The first-order valence-corrected chi connectivity index (χ1v) is 12.7. The molecule has 0 amide bonds. The second kappa shape index (κ2) is 11.1. The van der Waals surface area contributed by atoms with E-state index < -0.39 is 0 Å². The number of aromatic nitrogens is 4. The first kappa shape index (κ1) is 24.3. The molecule has 3 aromatic heterocycles. The van der Waals surface area contributed by atoms with E-state index in [-0.39, 0.29) is 0 Å². The van der Waals surface area contributed by atoms with Gasteiger partial charge in [0.15, 0.2) is 21.0 Å². The lowest BCUT2D eigenvalue weighted by atomic mass is 10.1. The molecule has 0 aliphatic heterocycles. The van der Waals surface area contributed by atoms with Gasteiger partial charge in [-0.05, 0) is 30.9 Å². The number of H-pyrrole nitrogens is 1. The lowest BCUT2D eigenvalue weighted by Gasteiger charge is -2.19. The van der Waals surface area contributed by atoms with Gasteiger partial charge in [0.05, 0.1) is 28.8 Å². The van der Waals surface area contributed by atoms with E-state index >= 15 is 0 Å². The Morgan fingerprint density at radius 1 is 1.24 bits per heavy atom. The molecule has 0 aliphatic rings. The van der Waals surface area contributed by atoms with Crippen molar-refractivity contribution < 1.29 is 9.47 Å². The van der Waals surface area contributed by atoms with Gasteiger partial charge >= 0.3 is 0 Å². The Kier molecular flexibility index (Phi) is 7.90. The highest BCUT2D eigenvalue weighted by Gasteiger charge is 2.21. The summed E-state index contributed by atoms with van der Waals surface area (Å²) in [7, 11) is 1.58. The first-order chi connectivity index (χ1) is 16.6. The third-order valence-corrected chi connectivity index (χ3v) is 7.35. The monoisotopic (exact) mass is 514 g/mol. The van der Waals surface area contributed by atoms with Gasteiger partial charge in [0.25, 0.3) is 0 Å². The van der Waals surface area contributed by atoms with Crippen LogP contribution in [-0.4, -0.2) is 58.2 Å². The summed E-state index contributed by atoms with van der Waals surface area (Å²) in [5.74, 6) is 1.09. The van der Waals surface area contributed by atoms with Crippen molar-refractivity contribution in [1.29, 1.82) is 5.26 Å². The number of benzene rings is 1. The summed E-state index contributed by atoms with van der Waals surface area (Å²) in [6.07, 6.45) is 3.36. The molecule has 1 N–H and O–H groups in total. The van der Waals surface area contributed by atoms with Crippen LogP contribution in [0.1, 0.15) is 19.4 Å². The van der Waals surface area contributed by atoms with Crippen LogP contribution in [0.3, 0.4) is 0 Å². The minimum Gasteiger partial charge on any atom is -0.493 e. The molecule has 0 unspecified atom stereocenters. The molecular formula is C23H23ClN6O2S2. The number of likely N-dealkylation sites (N-methyl/N-ethyl adjacent to an activating group) is 1. The van der Waals surface area contributed by atoms with E-state index in [0.717, 1.165) is 24.0 Å². The molecule has 11 heteroatoms. The molecular weight excluding hydrogens is 492 g/mol. The number of hydrogen-bond donors (Lipinski definition) is 1. The number of nitriles is 1. The standard InChI is InChI=1S/C23H23ClN6O2S2/c1-4-30(5-2)7-8-32-18-10-15(16(24)11-17(18)31-3)20-19-14(12-25)13-27-21(19)29-22(28-20)34-23-26-6-9-33-23/h6,9-11,13H,4-5,7-8H2,1-3H3,(H,27,28,29). The van der Waals surface area contributed by atoms with Gasteiger partial charge in [0.1, 0.15) is 18.3 Å². The van der Waals surface area contributed by atoms with E-state index in [1.807, 2.05) is 11.4 Å². The third-order valence-electron chi connectivity index (χ3n) is 5.29. The first-order valence-electron chi connectivity index (χ1n) is 10.7. The van der Waals surface area contributed by atoms with Crippen molar-refractivity contribution in [2.24, 2.45) is 0 Å². The van der Waals surface area contributed by atoms with Crippen LogP contribution in [0.4, 0.5) is 0 Å². The highest BCUT2D eigenvalue weighted by Crippen LogP contribution is 2.41. The van der Waals surface area contributed by atoms with Gasteiger partial charge in [0, 0.05) is 35.9 Å². The number of rotatable bonds is 10. The van der Waals surface area contributed by atoms with Gasteiger partial charge in [-0.2, -0.15) is 5.26 Å². The van der Waals surface area contributed by atoms with Gasteiger partial charge in [-0.25, -0.2) is 15.0 Å². The van der Waals surface area contributed by atoms with E-state index in [2.05, 4.69) is 39.8 Å². The van der Waals surface area contributed by atoms with Crippen LogP contribution in [0.15, 0.2) is 39.4 Å². The zero-order chi connectivity index (χ0) is 24.1. The number of methoxy groups -OCH3 is 1. The lowest BCUT2D eigenvalue weighted by molar-refractivity contribution is 0.217. The summed E-state index contributed by atoms with van der Waals surface area (Å²) in [6, 6.07) is 5.74. The minimum atomic E-state index is 0.434. The van der Waals surface area contributed by atoms with Crippen LogP contribution in [0.25, 0.3) is 22.3 Å². The number of ether oxygens (including phenoxy) is 2. The Bertz CT molecular complexity index is 1320. The molecule has 3 heterocycles. The van der Waals surface area contributed by atoms with Crippen LogP contribution >= 0.6 is 34.7 Å². The normalized spacial score (nSPS) is 11.2. The summed E-state index contributed by atoms with van der Waals surface area (Å²) in [5, 5.41) is 13.1. The molecule has 0 radical (unpaired) electrons. The third kappa shape index (κ3) is 5.13. The van der Waals surface area contributed by atoms with Crippen molar-refractivity contribution >= 4 is 45.7 Å². The van der Waals surface area contributed by atoms with Crippen LogP contribution in [0.5, 0.6) is 11.5 Å². The fourth-order valence-electron chi connectivity index (χ4n) is 3.49. The average Bonchev–Trinajstić information content (AvgIpc) is 3.51. The van der Waals surface area contributed by atoms with E-state index in [0.29, 0.717) is 56.1 Å². The van der Waals surface area contributed by atoms with Gasteiger partial charge < -0.3 is 19.4 Å². The highest BCUT2D eigenvalue weighted by atomic mass is 35.5. The fourth-order valence-corrected chi connectivity index (χ4v) is 5.22. The Morgan fingerprint density at radius 2 is 2.06 bits per heavy atom. The number of halogens is 1. The number of nitrogens with zero attached hydrogens (tertiary/aromatic N) is 5. The quantitative estimate of drug-likeness (QED) is 0.277. The topological polar surface area (TPSA) is 100.0 Å². The number of thiazole rings is 1. The Hall–Kier alpha value is -2.84. The Balaban J connectivity index is 1.79. The molecule has 34 heavy (non-hydrogen) atoms. The predicted molar refractivity (Wildman–Crippen MR) is 135 cm³/mol. The van der Waals surface area contributed by atoms with Crippen LogP contribution in [0.2, 0.25) is 5.02 Å². The van der Waals surface area contributed by atoms with Gasteiger partial charge in [0.2, 0.25) is 0 Å². The molecule has 0 spiro atoms. The minimum absolute atomic E-state index is 0.434. The molecule has 4 rings (SSSR count). The van der Waals surface area contributed by atoms with Gasteiger partial charge in [-0.15, -0.1) is 11.3 Å². The molecule has 0 saturated carbocycles. The largest absolute Gasteiger partial charge is 0.493 e. The van der Waals surface area contributed by atoms with Crippen molar-refractivity contribution in [3.63, 3.8) is 0 Å². The summed E-state index contributed by atoms with van der Waals surface area (Å²) in [4.78, 5) is 19.0. The molecule has 0 saturated heterocycles. The Labute approximate surface area is 210 Å². The number of nitrogens with one attached hydrogen (secondary N) is 1. The fraction of sp³-hybridized carbons (Fsp3) is 0.304. The molecule has 0 atom stereocenters. The molecule has 1 aromatic carbocycles. The SMILES string of the molecule is CCN(CC)CCOc1cc(-c2nc(Sc3nccs3)nc3[nH]cc(C#N)c23)c(Cl)cc1OC. The molecule has 0 aliphatic carbocycles. The summed E-state index contributed by atoms with van der Waals surface area (Å²) in [5.41, 5.74) is 2.16. The molecule has 8 nitrogen and oxygen atoms in total. The van der Waals surface area contributed by atoms with E-state index in [1.165, 1.54) is 23.1 Å².